The molecule has 1 aliphatic heterocycles. The highest BCUT2D eigenvalue weighted by Crippen LogP contribution is 2.35. The average molecular weight is 400 g/mol. The van der Waals surface area contributed by atoms with Crippen LogP contribution in [0.5, 0.6) is 11.6 Å². The van der Waals surface area contributed by atoms with E-state index in [1.54, 1.807) is 12.3 Å². The monoisotopic (exact) mass is 400 g/mol. The highest BCUT2D eigenvalue weighted by atomic mass is 19.1. The zero-order valence-electron chi connectivity index (χ0n) is 16.4. The Hall–Kier alpha value is -2.47. The first-order chi connectivity index (χ1) is 14.2. The van der Waals surface area contributed by atoms with E-state index in [2.05, 4.69) is 16.0 Å². The number of aromatic hydroxyl groups is 1. The second kappa shape index (κ2) is 8.91. The number of rotatable bonds is 6. The Kier molecular flexibility index (Phi) is 6.09. The molecule has 1 N–H and O–H groups in total. The first-order valence-corrected chi connectivity index (χ1v) is 10.3. The highest BCUT2D eigenvalue weighted by molar-refractivity contribution is 5.82. The van der Waals surface area contributed by atoms with Crippen LogP contribution in [0.3, 0.4) is 0 Å². The molecule has 0 unspecified atom stereocenters. The van der Waals surface area contributed by atoms with Crippen molar-refractivity contribution >= 4 is 5.57 Å². The van der Waals surface area contributed by atoms with Crippen molar-refractivity contribution in [1.82, 2.24) is 9.88 Å². The number of hydrogen-bond acceptors (Lipinski definition) is 4. The lowest BCUT2D eigenvalue weighted by molar-refractivity contribution is 0.191. The number of allylic oxidation sites excluding steroid dienone is 1. The lowest BCUT2D eigenvalue weighted by atomic mass is 9.94. The van der Waals surface area contributed by atoms with Crippen molar-refractivity contribution in [2.45, 2.75) is 38.2 Å². The van der Waals surface area contributed by atoms with E-state index in [4.69, 9.17) is 4.74 Å². The highest BCUT2D eigenvalue weighted by Gasteiger charge is 2.24. The van der Waals surface area contributed by atoms with Gasteiger partial charge in [0.05, 0.1) is 6.67 Å². The minimum Gasteiger partial charge on any atom is -0.505 e. The van der Waals surface area contributed by atoms with Gasteiger partial charge in [0.15, 0.2) is 11.6 Å². The number of benzene rings is 1. The first kappa shape index (κ1) is 19.8. The number of halogens is 2. The predicted molar refractivity (Wildman–Crippen MR) is 108 cm³/mol. The van der Waals surface area contributed by atoms with Crippen molar-refractivity contribution in [3.8, 4) is 11.6 Å². The summed E-state index contributed by atoms with van der Waals surface area (Å²) in [7, 11) is 0. The summed E-state index contributed by atoms with van der Waals surface area (Å²) in [6.45, 7) is 2.20. The zero-order valence-corrected chi connectivity index (χ0v) is 16.4. The molecular formula is C23H26F2N2O2. The number of phenolic OH excluding ortho intramolecular Hbond substituents is 1. The number of hydrogen-bond donors (Lipinski definition) is 1. The molecule has 154 valence electrons. The molecule has 2 aliphatic rings. The molecule has 29 heavy (non-hydrogen) atoms. The molecule has 1 atom stereocenters. The van der Waals surface area contributed by atoms with Crippen LogP contribution in [0.25, 0.3) is 5.57 Å². The largest absolute Gasteiger partial charge is 0.505 e. The Balaban J connectivity index is 1.48. The van der Waals surface area contributed by atoms with E-state index in [-0.39, 0.29) is 18.5 Å². The van der Waals surface area contributed by atoms with Gasteiger partial charge in [0.1, 0.15) is 6.10 Å². The molecule has 1 saturated heterocycles. The molecular weight excluding hydrogens is 374 g/mol. The molecule has 1 aromatic heterocycles. The van der Waals surface area contributed by atoms with Gasteiger partial charge in [-0.25, -0.2) is 9.37 Å². The minimum atomic E-state index is -0.526. The Morgan fingerprint density at radius 3 is 2.93 bits per heavy atom. The molecule has 0 amide bonds. The number of nitrogens with zero attached hydrogens (tertiary/aromatic N) is 2. The molecule has 0 bridgehead atoms. The van der Waals surface area contributed by atoms with E-state index in [1.807, 2.05) is 12.1 Å². The summed E-state index contributed by atoms with van der Waals surface area (Å²) in [5, 5.41) is 9.72. The van der Waals surface area contributed by atoms with Crippen molar-refractivity contribution in [3.05, 3.63) is 59.0 Å². The van der Waals surface area contributed by atoms with Gasteiger partial charge in [-0.3, -0.25) is 9.29 Å². The van der Waals surface area contributed by atoms with E-state index >= 15 is 0 Å². The van der Waals surface area contributed by atoms with Gasteiger partial charge in [-0.1, -0.05) is 12.1 Å². The SMILES string of the molecule is Oc1ccc2c(c1F)CCCC=C2c1ccc(O[C@H]2CCN(CCCF)C2)nc1. The number of ether oxygens (including phenoxy) is 1. The molecule has 0 spiro atoms. The van der Waals surface area contributed by atoms with Crippen molar-refractivity contribution in [1.29, 1.82) is 0 Å². The lowest BCUT2D eigenvalue weighted by Gasteiger charge is -2.16. The van der Waals surface area contributed by atoms with Crippen LogP contribution in [-0.4, -0.2) is 47.4 Å². The molecule has 0 saturated carbocycles. The van der Waals surface area contributed by atoms with Gasteiger partial charge < -0.3 is 9.84 Å². The summed E-state index contributed by atoms with van der Waals surface area (Å²) in [5.41, 5.74) is 3.22. The van der Waals surface area contributed by atoms with Crippen molar-refractivity contribution in [2.24, 2.45) is 0 Å². The number of pyridine rings is 1. The summed E-state index contributed by atoms with van der Waals surface area (Å²) in [5.74, 6) is -0.261. The molecule has 6 heteroatoms. The Labute approximate surface area is 169 Å². The van der Waals surface area contributed by atoms with E-state index < -0.39 is 5.82 Å². The molecule has 1 aliphatic carbocycles. The number of alkyl halides is 1. The van der Waals surface area contributed by atoms with Crippen molar-refractivity contribution in [3.63, 3.8) is 0 Å². The fourth-order valence-electron chi connectivity index (χ4n) is 4.17. The fourth-order valence-corrected chi connectivity index (χ4v) is 4.17. The molecule has 2 heterocycles. The third-order valence-electron chi connectivity index (χ3n) is 5.66. The molecule has 2 aromatic rings. The van der Waals surface area contributed by atoms with Gasteiger partial charge in [-0.05, 0) is 60.9 Å². The van der Waals surface area contributed by atoms with Gasteiger partial charge in [0.25, 0.3) is 0 Å². The van der Waals surface area contributed by atoms with E-state index in [0.29, 0.717) is 24.3 Å². The van der Waals surface area contributed by atoms with Crippen LogP contribution < -0.4 is 4.74 Å². The minimum absolute atomic E-state index is 0.0721. The Morgan fingerprint density at radius 2 is 2.14 bits per heavy atom. The zero-order chi connectivity index (χ0) is 20.2. The van der Waals surface area contributed by atoms with Crippen LogP contribution in [-0.2, 0) is 6.42 Å². The third-order valence-corrected chi connectivity index (χ3v) is 5.66. The smallest absolute Gasteiger partial charge is 0.213 e. The van der Waals surface area contributed by atoms with Crippen molar-refractivity contribution in [2.75, 3.05) is 26.3 Å². The van der Waals surface area contributed by atoms with Gasteiger partial charge in [-0.15, -0.1) is 0 Å². The van der Waals surface area contributed by atoms with Crippen LogP contribution in [0, 0.1) is 5.82 Å². The van der Waals surface area contributed by atoms with Crippen molar-refractivity contribution < 1.29 is 18.6 Å². The third kappa shape index (κ3) is 4.42. The standard InChI is InChI=1S/C23H26F2N2O2/c24-11-3-12-27-13-10-17(15-27)29-22-9-6-16(14-26-22)18-4-1-2-5-20-19(18)7-8-21(28)23(20)25/h4,6-9,14,17,28H,1-3,5,10-13,15H2/t17-/m0/s1. The molecule has 1 aromatic carbocycles. The first-order valence-electron chi connectivity index (χ1n) is 10.3. The number of phenols is 1. The van der Waals surface area contributed by atoms with Crippen LogP contribution >= 0.6 is 0 Å². The van der Waals surface area contributed by atoms with Crippen LogP contribution in [0.1, 0.15) is 42.4 Å². The molecule has 0 radical (unpaired) electrons. The van der Waals surface area contributed by atoms with Crippen LogP contribution in [0.15, 0.2) is 36.5 Å². The van der Waals surface area contributed by atoms with E-state index in [9.17, 15) is 13.9 Å². The molecule has 4 nitrogen and oxygen atoms in total. The van der Waals surface area contributed by atoms with Gasteiger partial charge in [0.2, 0.25) is 5.88 Å². The average Bonchev–Trinajstić information content (AvgIpc) is 3.06. The predicted octanol–water partition coefficient (Wildman–Crippen LogP) is 4.51. The Bertz CT molecular complexity index is 883. The van der Waals surface area contributed by atoms with Crippen LogP contribution in [0.2, 0.25) is 0 Å². The maximum Gasteiger partial charge on any atom is 0.213 e. The molecule has 4 rings (SSSR count). The second-order valence-electron chi connectivity index (χ2n) is 7.69. The Morgan fingerprint density at radius 1 is 1.24 bits per heavy atom. The summed E-state index contributed by atoms with van der Waals surface area (Å²) >= 11 is 0. The number of likely N-dealkylation sites (tertiary alicyclic amines) is 1. The lowest BCUT2D eigenvalue weighted by Crippen LogP contribution is -2.26. The second-order valence-corrected chi connectivity index (χ2v) is 7.69. The molecule has 1 fully saturated rings. The van der Waals surface area contributed by atoms with Crippen LogP contribution in [0.4, 0.5) is 8.78 Å². The fraction of sp³-hybridized carbons (Fsp3) is 0.435. The van der Waals surface area contributed by atoms with Gasteiger partial charge >= 0.3 is 0 Å². The summed E-state index contributed by atoms with van der Waals surface area (Å²) < 4.78 is 32.7. The normalized spacial score (nSPS) is 19.5. The topological polar surface area (TPSA) is 45.6 Å². The van der Waals surface area contributed by atoms with E-state index in [1.165, 1.54) is 6.07 Å². The number of fused-ring (bicyclic) bond motifs is 1. The summed E-state index contributed by atoms with van der Waals surface area (Å²) in [6, 6.07) is 6.98. The summed E-state index contributed by atoms with van der Waals surface area (Å²) in [6.07, 6.45) is 7.71. The summed E-state index contributed by atoms with van der Waals surface area (Å²) in [4.78, 5) is 6.68. The van der Waals surface area contributed by atoms with E-state index in [0.717, 1.165) is 55.6 Å². The maximum atomic E-state index is 14.4. The number of aromatic nitrogens is 1. The quantitative estimate of drug-likeness (QED) is 0.775. The maximum absolute atomic E-state index is 14.4. The van der Waals surface area contributed by atoms with Gasteiger partial charge in [-0.2, -0.15) is 0 Å². The van der Waals surface area contributed by atoms with Gasteiger partial charge in [0, 0.05) is 37.5 Å².